The number of carbonyl (C=O) groups excluding carboxylic acids is 1. The van der Waals surface area contributed by atoms with Crippen molar-refractivity contribution < 1.29 is 18.3 Å². The van der Waals surface area contributed by atoms with Crippen LogP contribution < -0.4 is 5.32 Å². The van der Waals surface area contributed by atoms with E-state index >= 15 is 0 Å². The Morgan fingerprint density at radius 3 is 2.67 bits per heavy atom. The number of fused-ring (bicyclic) bond motifs is 1. The number of imidazole rings is 1. The lowest BCUT2D eigenvalue weighted by Gasteiger charge is -2.31. The van der Waals surface area contributed by atoms with Crippen LogP contribution in [-0.4, -0.2) is 52.7 Å². The normalized spacial score (nSPS) is 21.1. The van der Waals surface area contributed by atoms with Gasteiger partial charge < -0.3 is 14.6 Å². The van der Waals surface area contributed by atoms with Crippen LogP contribution in [0.2, 0.25) is 0 Å². The first-order valence-electron chi connectivity index (χ1n) is 9.17. The van der Waals surface area contributed by atoms with Crippen LogP contribution in [0, 0.1) is 11.6 Å². The van der Waals surface area contributed by atoms with Crippen LogP contribution in [-0.2, 0) is 16.0 Å². The summed E-state index contributed by atoms with van der Waals surface area (Å²) in [6.45, 7) is 4.57. The fourth-order valence-electron chi connectivity index (χ4n) is 3.81. The summed E-state index contributed by atoms with van der Waals surface area (Å²) in [5, 5.41) is 2.86. The molecule has 3 heterocycles. The number of rotatable bonds is 4. The second-order valence-corrected chi connectivity index (χ2v) is 7.02. The van der Waals surface area contributed by atoms with Crippen LogP contribution in [0.25, 0.3) is 0 Å². The largest absolute Gasteiger partial charge is 0.379 e. The number of aromatic nitrogens is 2. The minimum atomic E-state index is -0.591. The van der Waals surface area contributed by atoms with Crippen LogP contribution in [0.5, 0.6) is 0 Å². The maximum Gasteiger partial charge on any atom is 0.242 e. The number of benzene rings is 1. The number of ether oxygens (including phenoxy) is 1. The van der Waals surface area contributed by atoms with Gasteiger partial charge in [0.1, 0.15) is 17.5 Å². The Balaban J connectivity index is 1.48. The van der Waals surface area contributed by atoms with Gasteiger partial charge in [-0.25, -0.2) is 13.8 Å². The number of hydrogen-bond donors (Lipinski definition) is 1. The summed E-state index contributed by atoms with van der Waals surface area (Å²) in [5.41, 5.74) is 0.572. The van der Waals surface area contributed by atoms with Crippen LogP contribution in [0.15, 0.2) is 24.4 Å². The second-order valence-electron chi connectivity index (χ2n) is 7.02. The molecule has 8 heteroatoms. The first kappa shape index (κ1) is 18.1. The SMILES string of the molecule is CC(C(=O)Nc1cn2c(n1)CCC2c1cc(F)cc(F)c1)N1CCOCC1. The van der Waals surface area contributed by atoms with Crippen molar-refractivity contribution in [2.24, 2.45) is 0 Å². The lowest BCUT2D eigenvalue weighted by molar-refractivity contribution is -0.122. The van der Waals surface area contributed by atoms with Crippen molar-refractivity contribution in [1.82, 2.24) is 14.5 Å². The number of morpholine rings is 1. The number of halogens is 2. The van der Waals surface area contributed by atoms with Crippen LogP contribution in [0.4, 0.5) is 14.6 Å². The number of carbonyl (C=O) groups is 1. The van der Waals surface area contributed by atoms with Gasteiger partial charge in [0.05, 0.1) is 25.3 Å². The Morgan fingerprint density at radius 1 is 1.26 bits per heavy atom. The molecule has 1 fully saturated rings. The molecule has 2 unspecified atom stereocenters. The number of aryl methyl sites for hydroxylation is 1. The van der Waals surface area contributed by atoms with E-state index in [1.54, 1.807) is 6.20 Å². The quantitative estimate of drug-likeness (QED) is 0.890. The maximum absolute atomic E-state index is 13.6. The van der Waals surface area contributed by atoms with Gasteiger partial charge in [0.25, 0.3) is 0 Å². The molecular weight excluding hydrogens is 354 g/mol. The first-order chi connectivity index (χ1) is 13.0. The Morgan fingerprint density at radius 2 is 1.96 bits per heavy atom. The van der Waals surface area contributed by atoms with E-state index in [1.165, 1.54) is 12.1 Å². The average Bonchev–Trinajstić information content (AvgIpc) is 3.21. The van der Waals surface area contributed by atoms with Crippen molar-refractivity contribution in [3.8, 4) is 0 Å². The molecule has 2 aliphatic rings. The van der Waals surface area contributed by atoms with Crippen molar-refractivity contribution in [2.45, 2.75) is 31.8 Å². The topological polar surface area (TPSA) is 59.4 Å². The van der Waals surface area contributed by atoms with E-state index in [-0.39, 0.29) is 18.0 Å². The standard InChI is InChI=1S/C19H22F2N4O2/c1-12(24-4-6-27-7-5-24)19(26)23-17-11-25-16(2-3-18(25)22-17)13-8-14(20)10-15(21)9-13/h8-12,16H,2-7H2,1H3,(H,23,26). The molecule has 1 N–H and O–H groups in total. The second kappa shape index (κ2) is 7.36. The lowest BCUT2D eigenvalue weighted by atomic mass is 10.0. The van der Waals surface area contributed by atoms with Gasteiger partial charge in [-0.1, -0.05) is 0 Å². The van der Waals surface area contributed by atoms with Gasteiger partial charge in [0, 0.05) is 31.8 Å². The molecular formula is C19H22F2N4O2. The Labute approximate surface area is 156 Å². The van der Waals surface area contributed by atoms with E-state index in [0.29, 0.717) is 31.0 Å². The molecule has 0 saturated carbocycles. The van der Waals surface area contributed by atoms with Gasteiger partial charge in [-0.3, -0.25) is 9.69 Å². The molecule has 4 rings (SSSR count). The number of hydrogen-bond acceptors (Lipinski definition) is 4. The molecule has 0 bridgehead atoms. The third-order valence-corrected chi connectivity index (χ3v) is 5.28. The number of nitrogens with one attached hydrogen (secondary N) is 1. The van der Waals surface area contributed by atoms with E-state index in [0.717, 1.165) is 31.4 Å². The molecule has 2 aliphatic heterocycles. The highest BCUT2D eigenvalue weighted by molar-refractivity contribution is 5.93. The number of amides is 1. The minimum absolute atomic E-state index is 0.123. The highest BCUT2D eigenvalue weighted by atomic mass is 19.1. The van der Waals surface area contributed by atoms with Gasteiger partial charge >= 0.3 is 0 Å². The molecule has 1 aromatic heterocycles. The molecule has 2 aromatic rings. The molecule has 27 heavy (non-hydrogen) atoms. The summed E-state index contributed by atoms with van der Waals surface area (Å²) >= 11 is 0. The van der Waals surface area contributed by atoms with Gasteiger partial charge in [-0.05, 0) is 31.0 Å². The molecule has 1 aromatic carbocycles. The Kier molecular flexibility index (Phi) is 4.92. The van der Waals surface area contributed by atoms with Crippen LogP contribution in [0.3, 0.4) is 0 Å². The Hall–Kier alpha value is -2.32. The fraction of sp³-hybridized carbons (Fsp3) is 0.474. The number of anilines is 1. The fourth-order valence-corrected chi connectivity index (χ4v) is 3.81. The highest BCUT2D eigenvalue weighted by Crippen LogP contribution is 2.33. The zero-order valence-corrected chi connectivity index (χ0v) is 15.1. The number of nitrogens with zero attached hydrogens (tertiary/aromatic N) is 3. The molecule has 144 valence electrons. The van der Waals surface area contributed by atoms with Crippen LogP contribution in [0.1, 0.15) is 30.8 Å². The van der Waals surface area contributed by atoms with Crippen molar-refractivity contribution in [2.75, 3.05) is 31.6 Å². The maximum atomic E-state index is 13.6. The summed E-state index contributed by atoms with van der Waals surface area (Å²) in [6.07, 6.45) is 3.17. The third kappa shape index (κ3) is 3.72. The van der Waals surface area contributed by atoms with E-state index in [2.05, 4.69) is 15.2 Å². The monoisotopic (exact) mass is 376 g/mol. The van der Waals surface area contributed by atoms with Gasteiger partial charge in [-0.2, -0.15) is 0 Å². The molecule has 0 radical (unpaired) electrons. The molecule has 0 aliphatic carbocycles. The zero-order valence-electron chi connectivity index (χ0n) is 15.1. The molecule has 0 spiro atoms. The van der Waals surface area contributed by atoms with Gasteiger partial charge in [0.2, 0.25) is 5.91 Å². The van der Waals surface area contributed by atoms with Crippen molar-refractivity contribution >= 4 is 11.7 Å². The molecule has 2 atom stereocenters. The smallest absolute Gasteiger partial charge is 0.242 e. The van der Waals surface area contributed by atoms with Gasteiger partial charge in [-0.15, -0.1) is 0 Å². The predicted molar refractivity (Wildman–Crippen MR) is 95.5 cm³/mol. The van der Waals surface area contributed by atoms with E-state index in [1.807, 2.05) is 11.5 Å². The molecule has 1 amide bonds. The summed E-state index contributed by atoms with van der Waals surface area (Å²) in [6, 6.07) is 3.10. The average molecular weight is 376 g/mol. The summed E-state index contributed by atoms with van der Waals surface area (Å²) in [7, 11) is 0. The van der Waals surface area contributed by atoms with Gasteiger partial charge in [0.15, 0.2) is 5.82 Å². The lowest BCUT2D eigenvalue weighted by Crippen LogP contribution is -2.47. The van der Waals surface area contributed by atoms with Crippen LogP contribution >= 0.6 is 0 Å². The molecule has 1 saturated heterocycles. The summed E-state index contributed by atoms with van der Waals surface area (Å²) < 4.78 is 34.3. The van der Waals surface area contributed by atoms with E-state index in [4.69, 9.17) is 4.74 Å². The molecule has 6 nitrogen and oxygen atoms in total. The summed E-state index contributed by atoms with van der Waals surface area (Å²) in [4.78, 5) is 19.1. The predicted octanol–water partition coefficient (Wildman–Crippen LogP) is 2.36. The summed E-state index contributed by atoms with van der Waals surface area (Å²) in [5.74, 6) is -0.0319. The zero-order chi connectivity index (χ0) is 19.0. The highest BCUT2D eigenvalue weighted by Gasteiger charge is 2.28. The van der Waals surface area contributed by atoms with E-state index < -0.39 is 11.6 Å². The third-order valence-electron chi connectivity index (χ3n) is 5.28. The first-order valence-corrected chi connectivity index (χ1v) is 9.17. The van der Waals surface area contributed by atoms with E-state index in [9.17, 15) is 13.6 Å². The minimum Gasteiger partial charge on any atom is -0.379 e. The van der Waals surface area contributed by atoms with Crippen molar-refractivity contribution in [3.05, 3.63) is 47.4 Å². The van der Waals surface area contributed by atoms with Crippen molar-refractivity contribution in [3.63, 3.8) is 0 Å². The Bertz CT molecular complexity index is 828. The van der Waals surface area contributed by atoms with Crippen molar-refractivity contribution in [1.29, 1.82) is 0 Å².